The minimum absolute atomic E-state index is 0.00856. The summed E-state index contributed by atoms with van der Waals surface area (Å²) in [5, 5.41) is 91.0. The van der Waals surface area contributed by atoms with Gasteiger partial charge in [-0.2, -0.15) is 0 Å². The molecule has 1 aromatic heterocycles. The third-order valence-electron chi connectivity index (χ3n) is 23.9. The maximum absolute atomic E-state index is 16.2. The number of hydrogen-bond donors (Lipinski definition) is 11. The van der Waals surface area contributed by atoms with Crippen LogP contribution in [-0.2, 0) is 19.1 Å². The first-order chi connectivity index (χ1) is 40.1. The summed E-state index contributed by atoms with van der Waals surface area (Å²) in [7, 11) is 2.99. The van der Waals surface area contributed by atoms with Crippen LogP contribution in [0.1, 0.15) is 134 Å². The van der Waals surface area contributed by atoms with E-state index in [2.05, 4.69) is 47.1 Å². The highest BCUT2D eigenvalue weighted by atomic mass is 33.1. The molecule has 12 rings (SSSR count). The largest absolute Gasteiger partial charge is 0.508 e. The number of aromatic nitrogens is 1. The number of benzene rings is 1. The predicted octanol–water partition coefficient (Wildman–Crippen LogP) is 6.49. The van der Waals surface area contributed by atoms with Gasteiger partial charge < -0.3 is 62.3 Å². The number of ether oxygens (including phenoxy) is 1. The number of hydrogen-bond acceptors (Lipinski definition) is 15. The van der Waals surface area contributed by atoms with Crippen molar-refractivity contribution in [2.45, 2.75) is 159 Å². The van der Waals surface area contributed by atoms with E-state index >= 15 is 4.79 Å². The highest BCUT2D eigenvalue weighted by Gasteiger charge is 2.75. The molecule has 13 N–H and O–H groups in total. The molecule has 0 unspecified atom stereocenters. The summed E-state index contributed by atoms with van der Waals surface area (Å²) in [6.45, 7) is 7.90. The van der Waals surface area contributed by atoms with Crippen molar-refractivity contribution >= 4 is 45.1 Å². The number of H-pyrrole nitrogens is 1. The smallest absolute Gasteiger partial charge is 0.313 e. The number of nitrogens with zero attached hydrogens (tertiary/aromatic N) is 1. The number of carbonyl (C=O) groups is 3. The lowest BCUT2D eigenvalue weighted by atomic mass is 9.43. The van der Waals surface area contributed by atoms with Crippen molar-refractivity contribution in [2.24, 2.45) is 110 Å². The molecule has 1 aromatic carbocycles. The van der Waals surface area contributed by atoms with E-state index in [1.54, 1.807) is 31.2 Å². The number of fused-ring (bicyclic) bond motifs is 8. The number of phenolic OH excluding ortho intramolecular Hbond substituents is 1. The number of aliphatic imine (C=N–C) groups is 1. The molecule has 84 heavy (non-hydrogen) atoms. The van der Waals surface area contributed by atoms with Crippen LogP contribution in [0.3, 0.4) is 0 Å². The van der Waals surface area contributed by atoms with Crippen LogP contribution in [0.15, 0.2) is 70.6 Å². The number of ketones is 2. The normalized spacial score (nSPS) is 45.7. The second-order valence-electron chi connectivity index (χ2n) is 28.3. The molecule has 16 nitrogen and oxygen atoms in total. The van der Waals surface area contributed by atoms with E-state index in [0.717, 1.165) is 43.2 Å². The molecule has 24 atom stereocenters. The fourth-order valence-corrected chi connectivity index (χ4v) is 23.2. The zero-order valence-electron chi connectivity index (χ0n) is 49.1. The number of rotatable bonds is 7. The summed E-state index contributed by atoms with van der Waals surface area (Å²) in [5.74, 6) is 3.78. The van der Waals surface area contributed by atoms with Gasteiger partial charge in [0.1, 0.15) is 11.8 Å². The molecular weight excluding hydrogens is 1100 g/mol. The number of aromatic hydroxyl groups is 1. The van der Waals surface area contributed by atoms with Crippen molar-refractivity contribution in [1.29, 1.82) is 0 Å². The molecule has 0 amide bonds. The van der Waals surface area contributed by atoms with Crippen molar-refractivity contribution in [3.8, 4) is 17.6 Å². The number of cyclic esters (lactones) is 1. The van der Waals surface area contributed by atoms with Crippen LogP contribution < -0.4 is 16.8 Å². The molecule has 18 heteroatoms. The highest BCUT2D eigenvalue weighted by molar-refractivity contribution is 8.76. The van der Waals surface area contributed by atoms with Gasteiger partial charge in [-0.05, 0) is 171 Å². The predicted molar refractivity (Wildman–Crippen MR) is 322 cm³/mol. The topological polar surface area (TPSA) is 294 Å². The fourth-order valence-electron chi connectivity index (χ4n) is 20.4. The molecule has 7 fully saturated rings. The number of aliphatic hydroxyl groups is 6. The standard InChI is InChI=1S/C66H89N5O11S2/c1-33-8-9-36-24-37-12-15-43-42(45-30-82-61(79)53(45)39-17-20-69-28-39)7-5-6-38-26-66(81)56-47(16-18-65(66,19-21-70-62(67)68)60(38)64(4,80)51(76)23-34(2)52(37)54(43)44(36)22-33)63(3)27-50(75)58(77)46-32-84-83-31-40(35-10-13-41(73)14-11-35)25-49(74)48(29-72)71-57(56)59(78)55(46)63/h10-11,13-14,17,20,24,28,33-34,37-38,40,42-48,50-55,58,60,69,71-73,75-77,80-81H,6,8-9,12,15-16,18-19,21-23,25-27,29-32H2,1-4H3,(H4,67,68,70)/t33-,34+,37+,38-,40+,42+,43+,44+,45-,46+,47-,48+,50-,51+,52+,53-,54-,55-,58+,60+,63+,64-,65-,66+/m0/s1. The summed E-state index contributed by atoms with van der Waals surface area (Å²) in [6, 6.07) is 7.36. The number of aliphatic hydroxyl groups excluding tert-OH is 4. The lowest BCUT2D eigenvalue weighted by Gasteiger charge is -2.63. The maximum Gasteiger partial charge on any atom is 0.313 e. The molecule has 0 spiro atoms. The molecule has 6 bridgehead atoms. The first-order valence-corrected chi connectivity index (χ1v) is 33.9. The van der Waals surface area contributed by atoms with E-state index in [1.807, 2.05) is 25.4 Å². The molecule has 2 aliphatic heterocycles. The van der Waals surface area contributed by atoms with Crippen molar-refractivity contribution in [3.63, 3.8) is 0 Å². The van der Waals surface area contributed by atoms with Crippen molar-refractivity contribution < 1.29 is 54.9 Å². The van der Waals surface area contributed by atoms with E-state index in [4.69, 9.17) is 16.2 Å². The Kier molecular flexibility index (Phi) is 16.4. The second-order valence-corrected chi connectivity index (χ2v) is 30.8. The van der Waals surface area contributed by atoms with Crippen LogP contribution in [0, 0.1) is 106 Å². The molecule has 5 saturated carbocycles. The van der Waals surface area contributed by atoms with Crippen LogP contribution in [0.4, 0.5) is 0 Å². The Labute approximate surface area is 502 Å². The Bertz CT molecular complexity index is 2990. The number of Topliss-reactive ketones (excluding diaryl/α,β-unsaturated/α-hetero) is 2. The number of aromatic amines is 1. The monoisotopic (exact) mass is 1190 g/mol. The summed E-state index contributed by atoms with van der Waals surface area (Å²) in [6.07, 6.45) is 8.98. The molecule has 8 aliphatic carbocycles. The third kappa shape index (κ3) is 9.91. The Hall–Kier alpha value is -4.32. The van der Waals surface area contributed by atoms with Gasteiger partial charge in [0.15, 0.2) is 17.5 Å². The van der Waals surface area contributed by atoms with E-state index in [-0.39, 0.29) is 128 Å². The van der Waals surface area contributed by atoms with Crippen molar-refractivity contribution in [3.05, 3.63) is 76.8 Å². The second kappa shape index (κ2) is 23.0. The number of guanidine groups is 1. The summed E-state index contributed by atoms with van der Waals surface area (Å²) in [5.41, 5.74) is 9.57. The number of carbonyl (C=O) groups excluding carboxylic acids is 3. The zero-order valence-corrected chi connectivity index (χ0v) is 50.7. The summed E-state index contributed by atoms with van der Waals surface area (Å²) < 4.78 is 6.06. The fraction of sp³-hybridized carbons (Fsp3) is 0.697. The molecule has 2 saturated heterocycles. The number of phenols is 1. The Balaban J connectivity index is 1.03. The van der Waals surface area contributed by atoms with Gasteiger partial charge in [0.05, 0.1) is 54.3 Å². The SMILES string of the molecule is C[C@H]1CCC2=C[C@H]3CC[C@@H]4[C@H]([C@@H]5COC(=O)[C@H]5c5cc[nH]c5)C#CC[C@H]5C[C@@]6(O)C7=C8N[C@H](CO)C(=O)C[C@@H](c9ccc(O)cc9)CSSC[C@H]9[C@@H](O)[C@@H](O)C[C@@](C)([C@@H]9C8=O)[C@H]7CC[C@]6(CCN=C(N)N)[C@H]5[C@@](C)(O)[C@H](O)C[C@@H](C)[C@H]3[C@@H]4[C@@H]2C1. The Morgan fingerprint density at radius 1 is 0.917 bits per heavy atom. The molecular formula is C66H89N5O11S2. The van der Waals surface area contributed by atoms with Gasteiger partial charge >= 0.3 is 5.97 Å². The van der Waals surface area contributed by atoms with Crippen molar-refractivity contribution in [2.75, 3.05) is 31.3 Å². The number of allylic oxidation sites excluding steroid dienone is 3. The third-order valence-corrected chi connectivity index (χ3v) is 26.5. The van der Waals surface area contributed by atoms with E-state index in [9.17, 15) is 45.3 Å². The van der Waals surface area contributed by atoms with Crippen LogP contribution in [0.5, 0.6) is 5.75 Å². The average Bonchev–Trinajstić information content (AvgIpc) is 1.35. The van der Waals surface area contributed by atoms with Crippen LogP contribution in [0.25, 0.3) is 0 Å². The molecule has 10 aliphatic rings. The summed E-state index contributed by atoms with van der Waals surface area (Å²) >= 11 is 0. The zero-order chi connectivity index (χ0) is 59.4. The first-order valence-electron chi connectivity index (χ1n) is 31.4. The van der Waals surface area contributed by atoms with Gasteiger partial charge in [0.25, 0.3) is 0 Å². The number of nitrogens with two attached hydrogens (primary N) is 2. The minimum atomic E-state index is -1.96. The maximum atomic E-state index is 16.2. The number of esters is 1. The quantitative estimate of drug-likeness (QED) is 0.0353. The Morgan fingerprint density at radius 2 is 1.69 bits per heavy atom. The molecule has 0 radical (unpaired) electrons. The van der Waals surface area contributed by atoms with E-state index in [1.165, 1.54) is 27.2 Å². The molecule has 456 valence electrons. The first kappa shape index (κ1) is 60.0. The number of nitrogens with one attached hydrogen (secondary N) is 2. The molecule has 2 aromatic rings. The van der Waals surface area contributed by atoms with Gasteiger partial charge in [-0.1, -0.05) is 72.1 Å². The van der Waals surface area contributed by atoms with Gasteiger partial charge in [0, 0.05) is 84.2 Å². The van der Waals surface area contributed by atoms with Crippen LogP contribution in [-0.4, -0.2) is 131 Å². The van der Waals surface area contributed by atoms with Crippen LogP contribution in [0.2, 0.25) is 0 Å². The van der Waals surface area contributed by atoms with Gasteiger partial charge in [-0.25, -0.2) is 0 Å². The van der Waals surface area contributed by atoms with Gasteiger partial charge in [-0.15, -0.1) is 5.92 Å². The Morgan fingerprint density at radius 3 is 2.43 bits per heavy atom. The lowest BCUT2D eigenvalue weighted by Crippen LogP contribution is -2.67. The molecule has 3 heterocycles. The highest BCUT2D eigenvalue weighted by Crippen LogP contribution is 2.73. The van der Waals surface area contributed by atoms with E-state index < -0.39 is 94.3 Å². The van der Waals surface area contributed by atoms with Crippen LogP contribution >= 0.6 is 21.6 Å². The average molecular weight is 1190 g/mol. The lowest BCUT2D eigenvalue weighted by molar-refractivity contribution is -0.194. The van der Waals surface area contributed by atoms with Gasteiger partial charge in [-0.3, -0.25) is 19.4 Å². The summed E-state index contributed by atoms with van der Waals surface area (Å²) in [4.78, 5) is 52.9. The van der Waals surface area contributed by atoms with Crippen molar-refractivity contribution in [1.82, 2.24) is 10.3 Å². The minimum Gasteiger partial charge on any atom is -0.508 e. The van der Waals surface area contributed by atoms with E-state index in [0.29, 0.717) is 41.8 Å². The van der Waals surface area contributed by atoms with Gasteiger partial charge in [0.2, 0.25) is 0 Å².